The third-order valence-corrected chi connectivity index (χ3v) is 4.39. The van der Waals surface area contributed by atoms with Gasteiger partial charge in [0.25, 0.3) is 5.91 Å². The molecule has 1 fully saturated rings. The van der Waals surface area contributed by atoms with Crippen molar-refractivity contribution in [3.8, 4) is 5.75 Å². The maximum Gasteiger partial charge on any atom is 0.252 e. The number of nitrogens with one attached hydrogen (secondary N) is 2. The van der Waals surface area contributed by atoms with E-state index in [0.29, 0.717) is 11.6 Å². The minimum atomic E-state index is -0.00685. The highest BCUT2D eigenvalue weighted by Crippen LogP contribution is 2.20. The Morgan fingerprint density at radius 1 is 1.53 bits per heavy atom. The summed E-state index contributed by atoms with van der Waals surface area (Å²) in [7, 11) is 1.63. The van der Waals surface area contributed by atoms with Crippen molar-refractivity contribution in [2.24, 2.45) is 0 Å². The topological polar surface area (TPSA) is 50.4 Å². The van der Waals surface area contributed by atoms with E-state index in [2.05, 4.69) is 40.1 Å². The van der Waals surface area contributed by atoms with Gasteiger partial charge in [-0.05, 0) is 67.1 Å². The smallest absolute Gasteiger partial charge is 0.252 e. The fourth-order valence-corrected chi connectivity index (χ4v) is 3.03. The molecule has 1 aliphatic rings. The molecule has 0 saturated carbocycles. The summed E-state index contributed by atoms with van der Waals surface area (Å²) in [4.78, 5) is 12.3. The van der Waals surface area contributed by atoms with Crippen LogP contribution in [-0.4, -0.2) is 31.6 Å². The highest BCUT2D eigenvalue weighted by atomic mass is 127. The first-order chi connectivity index (χ1) is 9.11. The molecular formula is C14H19IN2O2. The van der Waals surface area contributed by atoms with E-state index < -0.39 is 0 Å². The van der Waals surface area contributed by atoms with Gasteiger partial charge in [0.05, 0.1) is 12.7 Å². The molecule has 104 valence electrons. The second-order valence-corrected chi connectivity index (χ2v) is 5.97. The number of benzene rings is 1. The Morgan fingerprint density at radius 3 is 2.95 bits per heavy atom. The first kappa shape index (κ1) is 14.6. The van der Waals surface area contributed by atoms with Gasteiger partial charge in [-0.25, -0.2) is 0 Å². The summed E-state index contributed by atoms with van der Waals surface area (Å²) in [6.45, 7) is 3.15. The Hall–Kier alpha value is -0.820. The molecule has 2 rings (SSSR count). The number of halogens is 1. The van der Waals surface area contributed by atoms with Crippen molar-refractivity contribution in [2.45, 2.75) is 31.8 Å². The Bertz CT molecular complexity index is 465. The lowest BCUT2D eigenvalue weighted by Gasteiger charge is -2.30. The Labute approximate surface area is 127 Å². The molecule has 1 aromatic carbocycles. The average Bonchev–Trinajstić information content (AvgIpc) is 2.41. The van der Waals surface area contributed by atoms with Crippen LogP contribution < -0.4 is 15.4 Å². The Balaban J connectivity index is 2.07. The molecule has 0 bridgehead atoms. The van der Waals surface area contributed by atoms with Gasteiger partial charge in [0.1, 0.15) is 5.75 Å². The van der Waals surface area contributed by atoms with Gasteiger partial charge < -0.3 is 15.4 Å². The number of piperidine rings is 1. The molecule has 2 N–H and O–H groups in total. The maximum atomic E-state index is 12.3. The summed E-state index contributed by atoms with van der Waals surface area (Å²) < 4.78 is 6.06. The fraction of sp³-hybridized carbons (Fsp3) is 0.500. The molecule has 0 radical (unpaired) electrons. The molecule has 0 aliphatic carbocycles. The lowest BCUT2D eigenvalue weighted by atomic mass is 9.99. The van der Waals surface area contributed by atoms with Crippen LogP contribution >= 0.6 is 22.6 Å². The second kappa shape index (κ2) is 6.56. The number of hydrogen-bond donors (Lipinski definition) is 2. The highest BCUT2D eigenvalue weighted by molar-refractivity contribution is 14.1. The summed E-state index contributed by atoms with van der Waals surface area (Å²) in [5, 5.41) is 6.50. The zero-order valence-corrected chi connectivity index (χ0v) is 13.4. The minimum absolute atomic E-state index is 0.00685. The van der Waals surface area contributed by atoms with Crippen LogP contribution in [0.15, 0.2) is 18.2 Å². The molecule has 0 aromatic heterocycles. The van der Waals surface area contributed by atoms with Gasteiger partial charge in [0.2, 0.25) is 0 Å². The number of methoxy groups -OCH3 is 1. The van der Waals surface area contributed by atoms with Crippen molar-refractivity contribution >= 4 is 28.5 Å². The number of rotatable bonds is 3. The normalized spacial score (nSPS) is 22.9. The van der Waals surface area contributed by atoms with Crippen LogP contribution in [0.1, 0.15) is 30.1 Å². The molecule has 2 atom stereocenters. The van der Waals surface area contributed by atoms with Crippen molar-refractivity contribution < 1.29 is 9.53 Å². The predicted molar refractivity (Wildman–Crippen MR) is 83.7 cm³/mol. The molecule has 4 nitrogen and oxygen atoms in total. The van der Waals surface area contributed by atoms with Gasteiger partial charge in [-0.1, -0.05) is 0 Å². The number of hydrogen-bond acceptors (Lipinski definition) is 3. The minimum Gasteiger partial charge on any atom is -0.497 e. The standard InChI is InChI=1S/C14H19IN2O2/c1-9-13(4-3-7-16-9)17-14(18)11-6-5-10(19-2)8-12(11)15/h5-6,8-9,13,16H,3-4,7H2,1-2H3,(H,17,18). The molecule has 1 aliphatic heterocycles. The molecule has 19 heavy (non-hydrogen) atoms. The number of ether oxygens (including phenoxy) is 1. The molecule has 1 amide bonds. The van der Waals surface area contributed by atoms with E-state index in [1.54, 1.807) is 7.11 Å². The summed E-state index contributed by atoms with van der Waals surface area (Å²) >= 11 is 2.17. The van der Waals surface area contributed by atoms with E-state index in [9.17, 15) is 4.79 Å². The van der Waals surface area contributed by atoms with E-state index in [1.807, 2.05) is 18.2 Å². The van der Waals surface area contributed by atoms with Crippen molar-refractivity contribution in [3.63, 3.8) is 0 Å². The molecule has 2 unspecified atom stereocenters. The maximum absolute atomic E-state index is 12.3. The number of amides is 1. The lowest BCUT2D eigenvalue weighted by molar-refractivity contribution is 0.0919. The number of carbonyl (C=O) groups excluding carboxylic acids is 1. The van der Waals surface area contributed by atoms with Crippen molar-refractivity contribution in [1.82, 2.24) is 10.6 Å². The van der Waals surface area contributed by atoms with Crippen LogP contribution in [0.25, 0.3) is 0 Å². The zero-order chi connectivity index (χ0) is 13.8. The van der Waals surface area contributed by atoms with Gasteiger partial charge in [-0.15, -0.1) is 0 Å². The first-order valence-electron chi connectivity index (χ1n) is 6.49. The monoisotopic (exact) mass is 374 g/mol. The largest absolute Gasteiger partial charge is 0.497 e. The van der Waals surface area contributed by atoms with Crippen molar-refractivity contribution in [3.05, 3.63) is 27.3 Å². The van der Waals surface area contributed by atoms with E-state index in [0.717, 1.165) is 28.7 Å². The third kappa shape index (κ3) is 3.60. The van der Waals surface area contributed by atoms with Crippen LogP contribution in [0.4, 0.5) is 0 Å². The van der Waals surface area contributed by atoms with Gasteiger partial charge in [0.15, 0.2) is 0 Å². The van der Waals surface area contributed by atoms with E-state index in [1.165, 1.54) is 0 Å². The van der Waals surface area contributed by atoms with E-state index in [-0.39, 0.29) is 11.9 Å². The average molecular weight is 374 g/mol. The Morgan fingerprint density at radius 2 is 2.32 bits per heavy atom. The number of carbonyl (C=O) groups is 1. The van der Waals surface area contributed by atoms with Crippen LogP contribution in [0.2, 0.25) is 0 Å². The molecular weight excluding hydrogens is 355 g/mol. The third-order valence-electron chi connectivity index (χ3n) is 3.50. The van der Waals surface area contributed by atoms with E-state index in [4.69, 9.17) is 4.74 Å². The quantitative estimate of drug-likeness (QED) is 0.798. The van der Waals surface area contributed by atoms with Crippen LogP contribution in [-0.2, 0) is 0 Å². The van der Waals surface area contributed by atoms with Gasteiger partial charge >= 0.3 is 0 Å². The first-order valence-corrected chi connectivity index (χ1v) is 7.57. The highest BCUT2D eigenvalue weighted by Gasteiger charge is 2.23. The van der Waals surface area contributed by atoms with Gasteiger partial charge in [0, 0.05) is 15.7 Å². The molecule has 1 saturated heterocycles. The second-order valence-electron chi connectivity index (χ2n) is 4.81. The van der Waals surface area contributed by atoms with Crippen molar-refractivity contribution in [2.75, 3.05) is 13.7 Å². The summed E-state index contributed by atoms with van der Waals surface area (Å²) in [6.07, 6.45) is 2.14. The summed E-state index contributed by atoms with van der Waals surface area (Å²) in [5.74, 6) is 0.765. The fourth-order valence-electron chi connectivity index (χ4n) is 2.29. The summed E-state index contributed by atoms with van der Waals surface area (Å²) in [5.41, 5.74) is 0.708. The van der Waals surface area contributed by atoms with Crippen molar-refractivity contribution in [1.29, 1.82) is 0 Å². The zero-order valence-electron chi connectivity index (χ0n) is 11.2. The van der Waals surface area contributed by atoms with Gasteiger partial charge in [-0.2, -0.15) is 0 Å². The summed E-state index contributed by atoms with van der Waals surface area (Å²) in [6, 6.07) is 6.04. The molecule has 1 aromatic rings. The van der Waals surface area contributed by atoms with Gasteiger partial charge in [-0.3, -0.25) is 4.79 Å². The molecule has 1 heterocycles. The molecule has 0 spiro atoms. The van der Waals surface area contributed by atoms with Crippen LogP contribution in [0.5, 0.6) is 5.75 Å². The predicted octanol–water partition coefficient (Wildman–Crippen LogP) is 2.17. The van der Waals surface area contributed by atoms with E-state index >= 15 is 0 Å². The van der Waals surface area contributed by atoms with Crippen LogP contribution in [0.3, 0.4) is 0 Å². The van der Waals surface area contributed by atoms with Crippen LogP contribution in [0, 0.1) is 3.57 Å². The molecule has 5 heteroatoms. The lowest BCUT2D eigenvalue weighted by Crippen LogP contribution is -2.52. The SMILES string of the molecule is COc1ccc(C(=O)NC2CCCNC2C)c(I)c1. The Kier molecular flexibility index (Phi) is 5.04.